The van der Waals surface area contributed by atoms with E-state index in [0.29, 0.717) is 45.1 Å². The molecule has 1 unspecified atom stereocenters. The van der Waals surface area contributed by atoms with Crippen LogP contribution in [0.5, 0.6) is 11.6 Å². The lowest BCUT2D eigenvalue weighted by Crippen LogP contribution is -2.58. The van der Waals surface area contributed by atoms with Crippen LogP contribution in [0, 0.1) is 11.3 Å². The first-order chi connectivity index (χ1) is 24.1. The van der Waals surface area contributed by atoms with Crippen LogP contribution in [0.2, 0.25) is 10.0 Å². The maximum absolute atomic E-state index is 14.6. The second-order valence-electron chi connectivity index (χ2n) is 14.3. The van der Waals surface area contributed by atoms with E-state index in [1.54, 1.807) is 30.5 Å². The number of hydrogen-bond acceptors (Lipinski definition) is 10. The zero-order chi connectivity index (χ0) is 36.9. The normalized spacial score (nSPS) is 23.6. The lowest BCUT2D eigenvalue weighted by atomic mass is 9.85. The summed E-state index contributed by atoms with van der Waals surface area (Å²) in [5.74, 6) is -1.63. The molecule has 2 aromatic heterocycles. The van der Waals surface area contributed by atoms with Crippen molar-refractivity contribution in [2.75, 3.05) is 19.0 Å². The Labute approximate surface area is 306 Å². The lowest BCUT2D eigenvalue weighted by Gasteiger charge is -2.36. The van der Waals surface area contributed by atoms with E-state index in [9.17, 15) is 22.8 Å². The first kappa shape index (κ1) is 36.6. The van der Waals surface area contributed by atoms with Crippen molar-refractivity contribution in [3.8, 4) is 11.6 Å². The molecular weight excluding hydrogens is 719 g/mol. The summed E-state index contributed by atoms with van der Waals surface area (Å²) in [7, 11) is -2.36. The monoisotopic (exact) mass is 758 g/mol. The minimum Gasteiger partial charge on any atom is -0.494 e. The fourth-order valence-electron chi connectivity index (χ4n) is 6.45. The Kier molecular flexibility index (Phi) is 9.90. The third-order valence-electron chi connectivity index (χ3n) is 9.50. The second-order valence-corrected chi connectivity index (χ2v) is 17.2. The summed E-state index contributed by atoms with van der Waals surface area (Å²) in [4.78, 5) is 52.4. The first-order valence-corrected chi connectivity index (χ1v) is 18.8. The van der Waals surface area contributed by atoms with Crippen molar-refractivity contribution >= 4 is 67.4 Å². The summed E-state index contributed by atoms with van der Waals surface area (Å²) in [5.41, 5.74) is -1.69. The first-order valence-electron chi connectivity index (χ1n) is 16.5. The quantitative estimate of drug-likeness (QED) is 0.224. The molecule has 3 fully saturated rings. The number of pyridine rings is 2. The molecule has 0 bridgehead atoms. The van der Waals surface area contributed by atoms with Crippen molar-refractivity contribution in [3.63, 3.8) is 0 Å². The van der Waals surface area contributed by atoms with Gasteiger partial charge >= 0.3 is 0 Å². The standard InChI is InChI=1S/C35H40Cl2N6O7S/c1-6-19-14-35(19,33(46)42-51(47,48)24-8-9-24)41-30(44)27-13-23(50-31-26-12-20(36)7-10-25(26)28(49-5)17-39-31)18-43(27)32(45)29(34(2,3)4)40-22-11-21(37)15-38-16-22/h6-7,10-12,15-17,19,23-24,27,29,40H,1,8-9,13-14,18H2,2-5H3,(H,41,44)(H,42,46)/t19-,23-,27+,29?,35-/m1/s1. The van der Waals surface area contributed by atoms with Gasteiger partial charge in [0.05, 0.1) is 42.0 Å². The minimum atomic E-state index is -3.89. The van der Waals surface area contributed by atoms with Gasteiger partial charge in [-0.05, 0) is 48.9 Å². The van der Waals surface area contributed by atoms with E-state index in [1.165, 1.54) is 30.5 Å². The summed E-state index contributed by atoms with van der Waals surface area (Å²) < 4.78 is 39.4. The number of rotatable bonds is 12. The number of aromatic nitrogens is 2. The number of amides is 3. The number of carbonyl (C=O) groups excluding carboxylic acids is 3. The highest BCUT2D eigenvalue weighted by Crippen LogP contribution is 2.46. The van der Waals surface area contributed by atoms with Crippen molar-refractivity contribution in [2.45, 2.75) is 75.4 Å². The van der Waals surface area contributed by atoms with Gasteiger partial charge < -0.3 is 25.0 Å². The molecule has 1 aromatic carbocycles. The van der Waals surface area contributed by atoms with E-state index >= 15 is 0 Å². The van der Waals surface area contributed by atoms with E-state index in [4.69, 9.17) is 32.7 Å². The van der Waals surface area contributed by atoms with Gasteiger partial charge in [0.15, 0.2) is 0 Å². The van der Waals surface area contributed by atoms with Crippen molar-refractivity contribution in [2.24, 2.45) is 11.3 Å². The average molecular weight is 760 g/mol. The van der Waals surface area contributed by atoms with Crippen LogP contribution < -0.4 is 24.8 Å². The Morgan fingerprint density at radius 1 is 1.10 bits per heavy atom. The Morgan fingerprint density at radius 3 is 2.47 bits per heavy atom. The predicted octanol–water partition coefficient (Wildman–Crippen LogP) is 4.49. The molecule has 6 rings (SSSR count). The topological polar surface area (TPSA) is 169 Å². The molecule has 3 amide bonds. The molecule has 2 saturated carbocycles. The molecule has 272 valence electrons. The van der Waals surface area contributed by atoms with Gasteiger partial charge in [-0.1, -0.05) is 50.0 Å². The molecule has 2 aliphatic carbocycles. The molecule has 3 heterocycles. The van der Waals surface area contributed by atoms with Crippen LogP contribution in [0.1, 0.15) is 46.5 Å². The molecule has 13 nitrogen and oxygen atoms in total. The van der Waals surface area contributed by atoms with Crippen LogP contribution in [-0.4, -0.2) is 83.6 Å². The maximum atomic E-state index is 14.6. The van der Waals surface area contributed by atoms with Crippen LogP contribution in [0.4, 0.5) is 5.69 Å². The van der Waals surface area contributed by atoms with Crippen LogP contribution in [0.15, 0.2) is 55.5 Å². The number of methoxy groups -OCH3 is 1. The molecule has 16 heteroatoms. The molecule has 3 aliphatic rings. The number of ether oxygens (including phenoxy) is 2. The smallest absolute Gasteiger partial charge is 0.259 e. The summed E-state index contributed by atoms with van der Waals surface area (Å²) in [6.07, 6.45) is 6.47. The van der Waals surface area contributed by atoms with Gasteiger partial charge in [-0.2, -0.15) is 0 Å². The van der Waals surface area contributed by atoms with E-state index in [0.717, 1.165) is 0 Å². The van der Waals surface area contributed by atoms with E-state index < -0.39 is 68.1 Å². The van der Waals surface area contributed by atoms with Crippen molar-refractivity contribution in [1.29, 1.82) is 0 Å². The number of hydrogen-bond donors (Lipinski definition) is 3. The molecule has 5 atom stereocenters. The summed E-state index contributed by atoms with van der Waals surface area (Å²) in [6.45, 7) is 9.43. The Morgan fingerprint density at radius 2 is 1.84 bits per heavy atom. The van der Waals surface area contributed by atoms with Gasteiger partial charge in [-0.3, -0.25) is 24.1 Å². The van der Waals surface area contributed by atoms with Gasteiger partial charge in [0, 0.05) is 34.3 Å². The number of anilines is 1. The fourth-order valence-corrected chi connectivity index (χ4v) is 8.15. The maximum Gasteiger partial charge on any atom is 0.259 e. The summed E-state index contributed by atoms with van der Waals surface area (Å²) in [5, 5.41) is 7.53. The number of likely N-dealkylation sites (tertiary alicyclic amines) is 1. The van der Waals surface area contributed by atoms with Gasteiger partial charge in [-0.25, -0.2) is 13.4 Å². The number of nitrogens with zero attached hydrogens (tertiary/aromatic N) is 3. The van der Waals surface area contributed by atoms with Crippen molar-refractivity contribution in [1.82, 2.24) is 24.9 Å². The van der Waals surface area contributed by atoms with Crippen LogP contribution in [-0.2, 0) is 24.4 Å². The van der Waals surface area contributed by atoms with E-state index in [2.05, 4.69) is 31.9 Å². The number of fused-ring (bicyclic) bond motifs is 1. The highest BCUT2D eigenvalue weighted by atomic mass is 35.5. The minimum absolute atomic E-state index is 0.00507. The van der Waals surface area contributed by atoms with Crippen LogP contribution in [0.25, 0.3) is 10.8 Å². The molecule has 3 N–H and O–H groups in total. The van der Waals surface area contributed by atoms with Gasteiger partial charge in [-0.15, -0.1) is 6.58 Å². The van der Waals surface area contributed by atoms with Crippen LogP contribution >= 0.6 is 23.2 Å². The third-order valence-corrected chi connectivity index (χ3v) is 11.8. The van der Waals surface area contributed by atoms with Gasteiger partial charge in [0.25, 0.3) is 5.91 Å². The number of carbonyl (C=O) groups is 3. The fraction of sp³-hybridized carbons (Fsp3) is 0.457. The molecule has 1 aliphatic heterocycles. The highest BCUT2D eigenvalue weighted by Gasteiger charge is 2.62. The van der Waals surface area contributed by atoms with Crippen molar-refractivity contribution < 1.29 is 32.3 Å². The van der Waals surface area contributed by atoms with Gasteiger partial charge in [0.1, 0.15) is 29.5 Å². The molecule has 51 heavy (non-hydrogen) atoms. The molecular formula is C35H40Cl2N6O7S. The average Bonchev–Trinajstić information content (AvgIpc) is 4.00. The molecule has 0 spiro atoms. The Hall–Kier alpha value is -4.14. The summed E-state index contributed by atoms with van der Waals surface area (Å²) >= 11 is 12.5. The largest absolute Gasteiger partial charge is 0.494 e. The number of halogens is 2. The van der Waals surface area contributed by atoms with E-state index in [-0.39, 0.29) is 25.3 Å². The third kappa shape index (κ3) is 7.58. The zero-order valence-electron chi connectivity index (χ0n) is 28.6. The highest BCUT2D eigenvalue weighted by molar-refractivity contribution is 7.91. The second kappa shape index (κ2) is 13.8. The molecule has 1 saturated heterocycles. The molecule has 0 radical (unpaired) electrons. The predicted molar refractivity (Wildman–Crippen MR) is 193 cm³/mol. The molecule has 3 aromatic rings. The van der Waals surface area contributed by atoms with Crippen LogP contribution in [0.3, 0.4) is 0 Å². The summed E-state index contributed by atoms with van der Waals surface area (Å²) in [6, 6.07) is 4.90. The SMILES string of the molecule is C=C[C@@H]1C[C@]1(NC(=O)[C@@H]1C[C@@H](Oc2ncc(OC)c3ccc(Cl)cc23)CN1C(=O)C(Nc1cncc(Cl)c1)C(C)(C)C)C(=O)NS(=O)(=O)C1CC1. The number of benzene rings is 1. The van der Waals surface area contributed by atoms with Crippen molar-refractivity contribution in [3.05, 3.63) is 65.6 Å². The number of nitrogens with one attached hydrogen (secondary N) is 3. The van der Waals surface area contributed by atoms with Gasteiger partial charge in [0.2, 0.25) is 27.7 Å². The lowest BCUT2D eigenvalue weighted by molar-refractivity contribution is -0.141. The Balaban J connectivity index is 1.32. The number of sulfonamides is 1. The van der Waals surface area contributed by atoms with E-state index in [1.807, 2.05) is 20.8 Å². The zero-order valence-corrected chi connectivity index (χ0v) is 30.9. The Bertz CT molecular complexity index is 2000.